The number of rotatable bonds is 3. The van der Waals surface area contributed by atoms with Gasteiger partial charge in [0.25, 0.3) is 5.91 Å². The fraction of sp³-hybridized carbons (Fsp3) is 0.409. The van der Waals surface area contributed by atoms with Crippen molar-refractivity contribution in [1.29, 1.82) is 0 Å². The van der Waals surface area contributed by atoms with Crippen LogP contribution in [0.25, 0.3) is 0 Å². The van der Waals surface area contributed by atoms with Gasteiger partial charge in [0.2, 0.25) is 0 Å². The number of likely N-dealkylation sites (N-methyl/N-ethyl adjacent to an activating group) is 1. The van der Waals surface area contributed by atoms with Gasteiger partial charge in [0.1, 0.15) is 5.82 Å². The number of anilines is 1. The summed E-state index contributed by atoms with van der Waals surface area (Å²) in [6.07, 6.45) is 2.77. The van der Waals surface area contributed by atoms with Crippen molar-refractivity contribution in [2.75, 3.05) is 38.1 Å². The number of halogens is 1. The van der Waals surface area contributed by atoms with E-state index in [4.69, 9.17) is 0 Å². The molecule has 2 aromatic rings. The normalized spacial score (nSPS) is 20.2. The molecule has 1 atom stereocenters. The van der Waals surface area contributed by atoms with E-state index in [1.165, 1.54) is 41.1 Å². The predicted octanol–water partition coefficient (Wildman–Crippen LogP) is 2.86. The first kappa shape index (κ1) is 18.0. The van der Waals surface area contributed by atoms with Gasteiger partial charge in [-0.25, -0.2) is 4.39 Å². The number of benzene rings is 2. The number of piperazine rings is 1. The number of amides is 1. The van der Waals surface area contributed by atoms with Crippen LogP contribution in [0.3, 0.4) is 0 Å². The van der Waals surface area contributed by atoms with Crippen molar-refractivity contribution in [3.05, 3.63) is 65.0 Å². The first-order valence-corrected chi connectivity index (χ1v) is 9.71. The molecule has 2 aliphatic rings. The zero-order valence-electron chi connectivity index (χ0n) is 15.7. The topological polar surface area (TPSA) is 35.6 Å². The molecule has 1 aliphatic carbocycles. The molecule has 1 saturated heterocycles. The smallest absolute Gasteiger partial charge is 0.251 e. The molecule has 142 valence electrons. The highest BCUT2D eigenvalue weighted by atomic mass is 19.1. The first-order valence-electron chi connectivity index (χ1n) is 9.71. The van der Waals surface area contributed by atoms with Crippen LogP contribution in [0.4, 0.5) is 10.1 Å². The molecule has 4 nitrogen and oxygen atoms in total. The van der Waals surface area contributed by atoms with Crippen LogP contribution in [0, 0.1) is 5.82 Å². The number of carbonyl (C=O) groups is 1. The molecule has 0 bridgehead atoms. The third-order valence-electron chi connectivity index (χ3n) is 5.75. The van der Waals surface area contributed by atoms with Crippen LogP contribution in [0.15, 0.2) is 42.5 Å². The van der Waals surface area contributed by atoms with Gasteiger partial charge in [-0.3, -0.25) is 4.79 Å². The largest absolute Gasteiger partial charge is 0.369 e. The fourth-order valence-electron chi connectivity index (χ4n) is 4.11. The molecule has 1 amide bonds. The summed E-state index contributed by atoms with van der Waals surface area (Å²) >= 11 is 0. The molecular weight excluding hydrogens is 341 g/mol. The molecule has 1 aliphatic heterocycles. The lowest BCUT2D eigenvalue weighted by molar-refractivity contribution is 0.0933. The second kappa shape index (κ2) is 7.69. The second-order valence-electron chi connectivity index (χ2n) is 7.63. The van der Waals surface area contributed by atoms with Crippen LogP contribution in [0.1, 0.15) is 27.9 Å². The van der Waals surface area contributed by atoms with Crippen LogP contribution in [-0.4, -0.2) is 50.1 Å². The summed E-state index contributed by atoms with van der Waals surface area (Å²) in [4.78, 5) is 17.3. The van der Waals surface area contributed by atoms with E-state index in [-0.39, 0.29) is 17.8 Å². The van der Waals surface area contributed by atoms with E-state index in [0.29, 0.717) is 5.56 Å². The minimum absolute atomic E-state index is 0.115. The van der Waals surface area contributed by atoms with Gasteiger partial charge in [0.05, 0.1) is 0 Å². The van der Waals surface area contributed by atoms with E-state index in [0.717, 1.165) is 45.4 Å². The highest BCUT2D eigenvalue weighted by Crippen LogP contribution is 2.31. The molecule has 4 rings (SSSR count). The summed E-state index contributed by atoms with van der Waals surface area (Å²) in [5.41, 5.74) is 4.60. The first-order chi connectivity index (χ1) is 13.1. The van der Waals surface area contributed by atoms with Gasteiger partial charge in [-0.15, -0.1) is 0 Å². The molecule has 27 heavy (non-hydrogen) atoms. The Balaban J connectivity index is 1.49. The van der Waals surface area contributed by atoms with Crippen molar-refractivity contribution >= 4 is 11.6 Å². The van der Waals surface area contributed by atoms with Crippen LogP contribution in [-0.2, 0) is 12.8 Å². The third-order valence-corrected chi connectivity index (χ3v) is 5.75. The highest BCUT2D eigenvalue weighted by Gasteiger charge is 2.25. The van der Waals surface area contributed by atoms with Crippen LogP contribution < -0.4 is 10.2 Å². The van der Waals surface area contributed by atoms with Crippen molar-refractivity contribution in [3.63, 3.8) is 0 Å². The lowest BCUT2D eigenvalue weighted by Gasteiger charge is -2.37. The Hall–Kier alpha value is -2.40. The Bertz CT molecular complexity index is 813. The predicted molar refractivity (Wildman–Crippen MR) is 106 cm³/mol. The molecule has 1 N–H and O–H groups in total. The summed E-state index contributed by atoms with van der Waals surface area (Å²) in [5.74, 6) is -0.449. The maximum atomic E-state index is 13.1. The highest BCUT2D eigenvalue weighted by molar-refractivity contribution is 5.94. The summed E-state index contributed by atoms with van der Waals surface area (Å²) in [6.45, 7) is 4.24. The quantitative estimate of drug-likeness (QED) is 0.906. The lowest BCUT2D eigenvalue weighted by atomic mass is 9.86. The zero-order chi connectivity index (χ0) is 18.8. The maximum absolute atomic E-state index is 13.1. The molecule has 0 spiro atoms. The summed E-state index contributed by atoms with van der Waals surface area (Å²) in [5, 5.41) is 3.14. The number of fused-ring (bicyclic) bond motifs is 1. The Kier molecular flexibility index (Phi) is 5.12. The maximum Gasteiger partial charge on any atom is 0.251 e. The third kappa shape index (κ3) is 3.98. The van der Waals surface area contributed by atoms with E-state index < -0.39 is 0 Å². The Labute approximate surface area is 160 Å². The molecule has 0 saturated carbocycles. The van der Waals surface area contributed by atoms with Crippen LogP contribution in [0.5, 0.6) is 0 Å². The van der Waals surface area contributed by atoms with E-state index in [2.05, 4.69) is 40.4 Å². The minimum atomic E-state index is -0.324. The number of carbonyl (C=O) groups excluding carboxylic acids is 1. The molecule has 1 fully saturated rings. The van der Waals surface area contributed by atoms with Gasteiger partial charge in [-0.1, -0.05) is 12.1 Å². The van der Waals surface area contributed by atoms with E-state index in [1.54, 1.807) is 0 Å². The zero-order valence-corrected chi connectivity index (χ0v) is 15.7. The van der Waals surface area contributed by atoms with Crippen molar-refractivity contribution in [2.24, 2.45) is 0 Å². The summed E-state index contributed by atoms with van der Waals surface area (Å²) < 4.78 is 13.1. The number of nitrogens with zero attached hydrogens (tertiary/aromatic N) is 2. The monoisotopic (exact) mass is 367 g/mol. The molecule has 0 aromatic heterocycles. The van der Waals surface area contributed by atoms with E-state index >= 15 is 0 Å². The average molecular weight is 367 g/mol. The Morgan fingerprint density at radius 2 is 1.81 bits per heavy atom. The SMILES string of the molecule is CN1CCN(c2cccc3c2CC(NC(=O)c2ccc(F)cc2)CC3)CC1. The molecular formula is C22H26FN3O. The number of hydrogen-bond acceptors (Lipinski definition) is 3. The van der Waals surface area contributed by atoms with Crippen LogP contribution >= 0.6 is 0 Å². The second-order valence-corrected chi connectivity index (χ2v) is 7.63. The van der Waals surface area contributed by atoms with Gasteiger partial charge in [0.15, 0.2) is 0 Å². The van der Waals surface area contributed by atoms with Gasteiger partial charge in [-0.2, -0.15) is 0 Å². The van der Waals surface area contributed by atoms with Gasteiger partial charge >= 0.3 is 0 Å². The minimum Gasteiger partial charge on any atom is -0.369 e. The molecule has 0 radical (unpaired) electrons. The van der Waals surface area contributed by atoms with E-state index in [1.807, 2.05) is 0 Å². The fourth-order valence-corrected chi connectivity index (χ4v) is 4.11. The Morgan fingerprint density at radius 1 is 1.07 bits per heavy atom. The standard InChI is InChI=1S/C22H26FN3O/c1-25-11-13-26(14-12-25)21-4-2-3-16-7-10-19(15-20(16)21)24-22(27)17-5-8-18(23)9-6-17/h2-6,8-9,19H,7,10-15H2,1H3,(H,24,27). The van der Waals surface area contributed by atoms with Crippen molar-refractivity contribution in [1.82, 2.24) is 10.2 Å². The lowest BCUT2D eigenvalue weighted by Crippen LogP contribution is -2.45. The average Bonchev–Trinajstić information content (AvgIpc) is 2.69. The van der Waals surface area contributed by atoms with Crippen molar-refractivity contribution in [2.45, 2.75) is 25.3 Å². The molecule has 5 heteroatoms. The molecule has 1 heterocycles. The van der Waals surface area contributed by atoms with E-state index in [9.17, 15) is 9.18 Å². The van der Waals surface area contributed by atoms with Crippen molar-refractivity contribution < 1.29 is 9.18 Å². The van der Waals surface area contributed by atoms with Gasteiger partial charge in [0, 0.05) is 43.5 Å². The molecule has 2 aromatic carbocycles. The van der Waals surface area contributed by atoms with Crippen molar-refractivity contribution in [3.8, 4) is 0 Å². The number of nitrogens with one attached hydrogen (secondary N) is 1. The summed E-state index contributed by atoms with van der Waals surface area (Å²) in [6, 6.07) is 12.4. The molecule has 1 unspecified atom stereocenters. The number of hydrogen-bond donors (Lipinski definition) is 1. The Morgan fingerprint density at radius 3 is 2.56 bits per heavy atom. The summed E-state index contributed by atoms with van der Waals surface area (Å²) in [7, 11) is 2.17. The number of aryl methyl sites for hydroxylation is 1. The van der Waals surface area contributed by atoms with Gasteiger partial charge < -0.3 is 15.1 Å². The van der Waals surface area contributed by atoms with Crippen LogP contribution in [0.2, 0.25) is 0 Å². The van der Waals surface area contributed by atoms with Gasteiger partial charge in [-0.05, 0) is 67.8 Å².